The Labute approximate surface area is 240 Å². The Morgan fingerprint density at radius 1 is 1.07 bits per heavy atom. The molecule has 7 heteroatoms. The fraction of sp³-hybridized carbons (Fsp3) is 0.788. The smallest absolute Gasteiger partial charge is 0.335 e. The van der Waals surface area contributed by atoms with Gasteiger partial charge in [-0.1, -0.05) is 76.8 Å². The molecule has 7 nitrogen and oxygen atoms in total. The highest BCUT2D eigenvalue weighted by Crippen LogP contribution is 2.60. The molecule has 1 heterocycles. The van der Waals surface area contributed by atoms with Crippen molar-refractivity contribution in [2.24, 2.45) is 29.1 Å². The lowest BCUT2D eigenvalue weighted by Crippen LogP contribution is -2.60. The molecule has 40 heavy (non-hydrogen) atoms. The normalized spacial score (nSPS) is 41.5. The van der Waals surface area contributed by atoms with Crippen molar-refractivity contribution < 1.29 is 34.7 Å². The van der Waals surface area contributed by atoms with Gasteiger partial charge in [-0.05, 0) is 86.0 Å². The number of fused-ring (bicyclic) bond motifs is 1. The van der Waals surface area contributed by atoms with Gasteiger partial charge in [-0.2, -0.15) is 0 Å². The van der Waals surface area contributed by atoms with Gasteiger partial charge in [-0.25, -0.2) is 4.79 Å². The van der Waals surface area contributed by atoms with E-state index in [9.17, 15) is 25.2 Å². The number of carbonyl (C=O) groups is 1. The van der Waals surface area contributed by atoms with Crippen LogP contribution in [0.25, 0.3) is 0 Å². The van der Waals surface area contributed by atoms with Crippen LogP contribution in [-0.2, 0) is 14.3 Å². The molecule has 0 spiro atoms. The average Bonchev–Trinajstić information content (AvgIpc) is 3.26. The van der Waals surface area contributed by atoms with E-state index in [1.54, 1.807) is 5.57 Å². The second kappa shape index (κ2) is 13.2. The molecule has 3 aliphatic carbocycles. The maximum atomic E-state index is 11.5. The number of aliphatic hydroxyl groups is 3. The van der Waals surface area contributed by atoms with Crippen molar-refractivity contribution in [3.05, 3.63) is 35.5 Å². The summed E-state index contributed by atoms with van der Waals surface area (Å²) >= 11 is 0. The standard InChI is InChI=1S/C33H52O7/c1-19(2)8-6-9-21(4)25-15-16-26-22(10-7-17-33(25,26)5)12-13-23-18-24(14-11-20(23)3)39-32-29(36)27(34)28(35)30(40-32)31(37)38/h12-13,19,21,24-30,32,34-36H,3,6-11,14-18H2,1-2,4-5H3,(H,37,38)/b22-12+,23-13-. The zero-order valence-corrected chi connectivity index (χ0v) is 24.9. The summed E-state index contributed by atoms with van der Waals surface area (Å²) in [5.41, 5.74) is 4.10. The molecule has 0 amide bonds. The molecular weight excluding hydrogens is 508 g/mol. The maximum Gasteiger partial charge on any atom is 0.335 e. The largest absolute Gasteiger partial charge is 0.479 e. The highest BCUT2D eigenvalue weighted by molar-refractivity contribution is 5.73. The molecule has 0 aromatic heterocycles. The van der Waals surface area contributed by atoms with Crippen molar-refractivity contribution in [1.82, 2.24) is 0 Å². The quantitative estimate of drug-likeness (QED) is 0.293. The fourth-order valence-corrected chi connectivity index (χ4v) is 8.11. The van der Waals surface area contributed by atoms with Crippen LogP contribution >= 0.6 is 0 Å². The van der Waals surface area contributed by atoms with Crippen molar-refractivity contribution in [1.29, 1.82) is 0 Å². The topological polar surface area (TPSA) is 116 Å². The number of ether oxygens (including phenoxy) is 2. The van der Waals surface area contributed by atoms with E-state index >= 15 is 0 Å². The van der Waals surface area contributed by atoms with Crippen molar-refractivity contribution >= 4 is 5.97 Å². The van der Waals surface area contributed by atoms with E-state index in [4.69, 9.17) is 9.47 Å². The van der Waals surface area contributed by atoms with Gasteiger partial charge in [0, 0.05) is 0 Å². The molecule has 226 valence electrons. The van der Waals surface area contributed by atoms with Gasteiger partial charge in [0.1, 0.15) is 18.3 Å². The lowest BCUT2D eigenvalue weighted by Gasteiger charge is -2.44. The lowest BCUT2D eigenvalue weighted by atomic mass is 9.60. The minimum atomic E-state index is -1.72. The molecule has 10 atom stereocenters. The predicted octanol–water partition coefficient (Wildman–Crippen LogP) is 5.54. The highest BCUT2D eigenvalue weighted by Gasteiger charge is 2.51. The summed E-state index contributed by atoms with van der Waals surface area (Å²) in [5.74, 6) is 1.55. The number of aliphatic hydroxyl groups excluding tert-OH is 3. The third-order valence-corrected chi connectivity index (χ3v) is 10.5. The summed E-state index contributed by atoms with van der Waals surface area (Å²) in [5, 5.41) is 39.8. The van der Waals surface area contributed by atoms with E-state index in [2.05, 4.69) is 46.4 Å². The number of carboxylic acids is 1. The predicted molar refractivity (Wildman–Crippen MR) is 154 cm³/mol. The van der Waals surface area contributed by atoms with Gasteiger partial charge in [0.05, 0.1) is 6.10 Å². The molecule has 0 radical (unpaired) electrons. The van der Waals surface area contributed by atoms with Crippen molar-refractivity contribution in [3.63, 3.8) is 0 Å². The highest BCUT2D eigenvalue weighted by atomic mass is 16.7. The monoisotopic (exact) mass is 560 g/mol. The summed E-state index contributed by atoms with van der Waals surface area (Å²) in [6.07, 6.45) is 8.55. The molecule has 1 aliphatic heterocycles. The number of hydrogen-bond donors (Lipinski definition) is 4. The minimum Gasteiger partial charge on any atom is -0.479 e. The molecule has 10 unspecified atom stereocenters. The van der Waals surface area contributed by atoms with Crippen LogP contribution in [0.4, 0.5) is 0 Å². The maximum absolute atomic E-state index is 11.5. The van der Waals surface area contributed by atoms with E-state index in [-0.39, 0.29) is 6.10 Å². The summed E-state index contributed by atoms with van der Waals surface area (Å²) in [6.45, 7) is 13.9. The van der Waals surface area contributed by atoms with Crippen molar-refractivity contribution in [2.75, 3.05) is 0 Å². The number of allylic oxidation sites excluding steroid dienone is 4. The molecule has 4 rings (SSSR count). The Balaban J connectivity index is 1.42. The average molecular weight is 561 g/mol. The molecule has 4 aliphatic rings. The zero-order chi connectivity index (χ0) is 29.2. The van der Waals surface area contributed by atoms with Crippen LogP contribution in [0.1, 0.15) is 98.3 Å². The van der Waals surface area contributed by atoms with Crippen molar-refractivity contribution in [2.45, 2.75) is 135 Å². The van der Waals surface area contributed by atoms with Gasteiger partial charge < -0.3 is 29.9 Å². The van der Waals surface area contributed by atoms with E-state index in [0.717, 1.165) is 41.7 Å². The molecule has 1 saturated heterocycles. The first-order valence-electron chi connectivity index (χ1n) is 15.6. The number of hydrogen-bond acceptors (Lipinski definition) is 6. The van der Waals surface area contributed by atoms with Crippen LogP contribution in [0.15, 0.2) is 35.5 Å². The van der Waals surface area contributed by atoms with E-state index in [1.165, 1.54) is 44.9 Å². The van der Waals surface area contributed by atoms with Crippen LogP contribution in [0.2, 0.25) is 0 Å². The molecule has 4 fully saturated rings. The number of carboxylic acid groups (broad SMARTS) is 1. The Hall–Kier alpha value is -1.51. The number of aliphatic carboxylic acids is 1. The minimum absolute atomic E-state index is 0.314. The Morgan fingerprint density at radius 2 is 1.82 bits per heavy atom. The first-order valence-corrected chi connectivity index (χ1v) is 15.6. The first kappa shape index (κ1) is 31.4. The lowest BCUT2D eigenvalue weighted by molar-refractivity contribution is -0.304. The van der Waals surface area contributed by atoms with Crippen LogP contribution in [-0.4, -0.2) is 63.2 Å². The second-order valence-electron chi connectivity index (χ2n) is 13.7. The molecule has 4 N–H and O–H groups in total. The van der Waals surface area contributed by atoms with E-state index in [0.29, 0.717) is 24.2 Å². The third kappa shape index (κ3) is 6.75. The molecule has 3 saturated carbocycles. The summed E-state index contributed by atoms with van der Waals surface area (Å²) < 4.78 is 11.3. The molecule has 0 aromatic rings. The Kier molecular flexibility index (Phi) is 10.4. The second-order valence-corrected chi connectivity index (χ2v) is 13.7. The summed E-state index contributed by atoms with van der Waals surface area (Å²) in [4.78, 5) is 11.5. The van der Waals surface area contributed by atoms with E-state index < -0.39 is 36.7 Å². The van der Waals surface area contributed by atoms with Gasteiger partial charge in [-0.3, -0.25) is 0 Å². The Bertz CT molecular complexity index is 970. The number of rotatable bonds is 9. The Morgan fingerprint density at radius 3 is 2.52 bits per heavy atom. The molecule has 0 bridgehead atoms. The van der Waals surface area contributed by atoms with Crippen molar-refractivity contribution in [3.8, 4) is 0 Å². The fourth-order valence-electron chi connectivity index (χ4n) is 8.11. The van der Waals surface area contributed by atoms with Crippen LogP contribution in [0.3, 0.4) is 0 Å². The molecular formula is C33H52O7. The van der Waals surface area contributed by atoms with Gasteiger partial charge in [0.15, 0.2) is 12.4 Å². The van der Waals surface area contributed by atoms with Crippen LogP contribution in [0, 0.1) is 29.1 Å². The molecule has 0 aromatic carbocycles. The summed E-state index contributed by atoms with van der Waals surface area (Å²) in [6, 6.07) is 0. The zero-order valence-electron chi connectivity index (χ0n) is 24.9. The van der Waals surface area contributed by atoms with E-state index in [1.807, 2.05) is 0 Å². The van der Waals surface area contributed by atoms with Crippen LogP contribution < -0.4 is 0 Å². The van der Waals surface area contributed by atoms with Gasteiger partial charge >= 0.3 is 5.97 Å². The van der Waals surface area contributed by atoms with Gasteiger partial charge in [0.25, 0.3) is 0 Å². The SMILES string of the molecule is C=C1CCC(OC2OC(C(=O)O)C(O)C(O)C2O)C/C1=C/C=C1\CCCC2(C)C1CCC2C(C)CCCC(C)C. The third-order valence-electron chi connectivity index (χ3n) is 10.5. The summed E-state index contributed by atoms with van der Waals surface area (Å²) in [7, 11) is 0. The van der Waals surface area contributed by atoms with Gasteiger partial charge in [0.2, 0.25) is 0 Å². The van der Waals surface area contributed by atoms with Crippen LogP contribution in [0.5, 0.6) is 0 Å². The van der Waals surface area contributed by atoms with Gasteiger partial charge in [-0.15, -0.1) is 0 Å². The first-order chi connectivity index (χ1) is 18.9.